The van der Waals surface area contributed by atoms with Gasteiger partial charge in [-0.1, -0.05) is 18.2 Å². The number of carbonyl (C=O) groups excluding carboxylic acids is 1. The second kappa shape index (κ2) is 6.45. The van der Waals surface area contributed by atoms with Gasteiger partial charge in [-0.15, -0.1) is 0 Å². The Kier molecular flexibility index (Phi) is 5.22. The van der Waals surface area contributed by atoms with E-state index >= 15 is 0 Å². The number of nitrogens with one attached hydrogen (secondary N) is 1. The van der Waals surface area contributed by atoms with Gasteiger partial charge in [-0.3, -0.25) is 4.79 Å². The molecule has 0 unspecified atom stereocenters. The highest BCUT2D eigenvalue weighted by Crippen LogP contribution is 2.25. The van der Waals surface area contributed by atoms with Crippen LogP contribution in [0.25, 0.3) is 0 Å². The normalized spacial score (nSPS) is 9.82. The maximum atomic E-state index is 11.4. The molecule has 1 aromatic carbocycles. The lowest BCUT2D eigenvalue weighted by molar-refractivity contribution is -0.122. The third kappa shape index (κ3) is 5.04. The molecule has 0 aliphatic heterocycles. The van der Waals surface area contributed by atoms with Crippen molar-refractivity contribution >= 4 is 21.8 Å². The number of aryl methyl sites for hydroxylation is 1. The van der Waals surface area contributed by atoms with Gasteiger partial charge in [0, 0.05) is 6.54 Å². The first-order chi connectivity index (χ1) is 7.99. The van der Waals surface area contributed by atoms with E-state index in [4.69, 9.17) is 4.74 Å². The highest BCUT2D eigenvalue weighted by atomic mass is 79.9. The second-order valence-electron chi connectivity index (χ2n) is 3.96. The molecular formula is C13H16BrNO2. The fourth-order valence-corrected chi connectivity index (χ4v) is 1.77. The van der Waals surface area contributed by atoms with Gasteiger partial charge in [0.05, 0.1) is 4.47 Å². The van der Waals surface area contributed by atoms with Crippen molar-refractivity contribution in [2.45, 2.75) is 13.8 Å². The zero-order valence-corrected chi connectivity index (χ0v) is 11.6. The molecule has 1 amide bonds. The second-order valence-corrected chi connectivity index (χ2v) is 4.81. The molecule has 0 spiro atoms. The number of ether oxygens (including phenoxy) is 1. The third-order valence-corrected chi connectivity index (χ3v) is 2.65. The lowest BCUT2D eigenvalue weighted by atomic mass is 10.2. The molecule has 0 saturated heterocycles. The molecule has 0 atom stereocenters. The van der Waals surface area contributed by atoms with Gasteiger partial charge in [0.1, 0.15) is 5.75 Å². The molecule has 1 aromatic rings. The van der Waals surface area contributed by atoms with E-state index in [9.17, 15) is 4.79 Å². The van der Waals surface area contributed by atoms with E-state index in [2.05, 4.69) is 27.8 Å². The molecule has 17 heavy (non-hydrogen) atoms. The maximum absolute atomic E-state index is 11.4. The third-order valence-electron chi connectivity index (χ3n) is 2.03. The highest BCUT2D eigenvalue weighted by molar-refractivity contribution is 9.10. The number of halogens is 1. The predicted octanol–water partition coefficient (Wildman–Crippen LogP) is 2.83. The van der Waals surface area contributed by atoms with Crippen LogP contribution >= 0.6 is 15.9 Å². The minimum Gasteiger partial charge on any atom is -0.483 e. The van der Waals surface area contributed by atoms with Crippen LogP contribution < -0.4 is 10.1 Å². The van der Waals surface area contributed by atoms with Crippen LogP contribution in [0.2, 0.25) is 0 Å². The molecular weight excluding hydrogens is 282 g/mol. The van der Waals surface area contributed by atoms with Gasteiger partial charge in [0.15, 0.2) is 6.61 Å². The van der Waals surface area contributed by atoms with Crippen molar-refractivity contribution in [2.24, 2.45) is 0 Å². The molecule has 0 fully saturated rings. The van der Waals surface area contributed by atoms with E-state index in [0.29, 0.717) is 12.3 Å². The average molecular weight is 298 g/mol. The van der Waals surface area contributed by atoms with Crippen LogP contribution in [0, 0.1) is 6.92 Å². The summed E-state index contributed by atoms with van der Waals surface area (Å²) in [6.07, 6.45) is 0. The molecule has 0 radical (unpaired) electrons. The van der Waals surface area contributed by atoms with E-state index in [-0.39, 0.29) is 12.5 Å². The van der Waals surface area contributed by atoms with Crippen LogP contribution in [-0.2, 0) is 4.79 Å². The van der Waals surface area contributed by atoms with E-state index in [1.165, 1.54) is 0 Å². The number of hydrogen-bond acceptors (Lipinski definition) is 2. The molecule has 0 saturated carbocycles. The molecule has 3 nitrogen and oxygen atoms in total. The van der Waals surface area contributed by atoms with E-state index < -0.39 is 0 Å². The zero-order chi connectivity index (χ0) is 12.8. The Labute approximate surface area is 110 Å². The van der Waals surface area contributed by atoms with Crippen molar-refractivity contribution in [3.8, 4) is 5.75 Å². The van der Waals surface area contributed by atoms with E-state index in [1.54, 1.807) is 0 Å². The largest absolute Gasteiger partial charge is 0.483 e. The SMILES string of the molecule is C=C(C)CNC(=O)COc1ccc(C)cc1Br. The topological polar surface area (TPSA) is 38.3 Å². The van der Waals surface area contributed by atoms with Gasteiger partial charge in [0.2, 0.25) is 0 Å². The van der Waals surface area contributed by atoms with Crippen molar-refractivity contribution < 1.29 is 9.53 Å². The Morgan fingerprint density at radius 3 is 2.82 bits per heavy atom. The number of carbonyl (C=O) groups is 1. The summed E-state index contributed by atoms with van der Waals surface area (Å²) in [4.78, 5) is 11.4. The van der Waals surface area contributed by atoms with Gasteiger partial charge in [-0.2, -0.15) is 0 Å². The fraction of sp³-hybridized carbons (Fsp3) is 0.308. The Balaban J connectivity index is 2.44. The molecule has 0 bridgehead atoms. The summed E-state index contributed by atoms with van der Waals surface area (Å²) in [5.74, 6) is 0.515. The van der Waals surface area contributed by atoms with Crippen LogP contribution in [0.1, 0.15) is 12.5 Å². The van der Waals surface area contributed by atoms with Crippen LogP contribution in [0.5, 0.6) is 5.75 Å². The molecule has 92 valence electrons. The van der Waals surface area contributed by atoms with Gasteiger partial charge in [-0.25, -0.2) is 0 Å². The standard InChI is InChI=1S/C13H16BrNO2/c1-9(2)7-15-13(16)8-17-12-5-4-10(3)6-11(12)14/h4-6H,1,7-8H2,2-3H3,(H,15,16). The van der Waals surface area contributed by atoms with Crippen LogP contribution in [0.4, 0.5) is 0 Å². The summed E-state index contributed by atoms with van der Waals surface area (Å²) in [7, 11) is 0. The van der Waals surface area contributed by atoms with Gasteiger partial charge in [0.25, 0.3) is 5.91 Å². The van der Waals surface area contributed by atoms with Gasteiger partial charge < -0.3 is 10.1 Å². The van der Waals surface area contributed by atoms with Crippen LogP contribution in [0.15, 0.2) is 34.8 Å². The van der Waals surface area contributed by atoms with E-state index in [1.807, 2.05) is 32.0 Å². The first kappa shape index (κ1) is 13.8. The Bertz CT molecular complexity index is 429. The Morgan fingerprint density at radius 2 is 2.24 bits per heavy atom. The molecule has 0 aliphatic rings. The van der Waals surface area contributed by atoms with Gasteiger partial charge >= 0.3 is 0 Å². The maximum Gasteiger partial charge on any atom is 0.258 e. The zero-order valence-electron chi connectivity index (χ0n) is 10.0. The van der Waals surface area contributed by atoms with Crippen molar-refractivity contribution in [3.63, 3.8) is 0 Å². The summed E-state index contributed by atoms with van der Waals surface area (Å²) in [6, 6.07) is 5.72. The number of hydrogen-bond donors (Lipinski definition) is 1. The minimum atomic E-state index is -0.152. The molecule has 1 rings (SSSR count). The Morgan fingerprint density at radius 1 is 1.53 bits per heavy atom. The number of rotatable bonds is 5. The molecule has 0 aliphatic carbocycles. The quantitative estimate of drug-likeness (QED) is 0.849. The van der Waals surface area contributed by atoms with Crippen molar-refractivity contribution in [1.82, 2.24) is 5.32 Å². The van der Waals surface area contributed by atoms with Crippen molar-refractivity contribution in [1.29, 1.82) is 0 Å². The van der Waals surface area contributed by atoms with Crippen molar-refractivity contribution in [2.75, 3.05) is 13.2 Å². The molecule has 0 heterocycles. The van der Waals surface area contributed by atoms with Crippen molar-refractivity contribution in [3.05, 3.63) is 40.4 Å². The highest BCUT2D eigenvalue weighted by Gasteiger charge is 2.05. The lowest BCUT2D eigenvalue weighted by Crippen LogP contribution is -2.30. The summed E-state index contributed by atoms with van der Waals surface area (Å²) in [5, 5.41) is 2.70. The van der Waals surface area contributed by atoms with Gasteiger partial charge in [-0.05, 0) is 47.5 Å². The average Bonchev–Trinajstić information content (AvgIpc) is 2.25. The lowest BCUT2D eigenvalue weighted by Gasteiger charge is -2.09. The fourth-order valence-electron chi connectivity index (χ4n) is 1.17. The summed E-state index contributed by atoms with van der Waals surface area (Å²) >= 11 is 3.39. The van der Waals surface area contributed by atoms with Crippen LogP contribution in [-0.4, -0.2) is 19.1 Å². The first-order valence-corrected chi connectivity index (χ1v) is 6.08. The monoisotopic (exact) mass is 297 g/mol. The minimum absolute atomic E-state index is 0.00887. The summed E-state index contributed by atoms with van der Waals surface area (Å²) in [5.41, 5.74) is 2.05. The smallest absolute Gasteiger partial charge is 0.258 e. The molecule has 0 aromatic heterocycles. The molecule has 1 N–H and O–H groups in total. The summed E-state index contributed by atoms with van der Waals surface area (Å²) < 4.78 is 6.25. The summed E-state index contributed by atoms with van der Waals surface area (Å²) in [6.45, 7) is 8.05. The first-order valence-electron chi connectivity index (χ1n) is 5.29. The predicted molar refractivity (Wildman–Crippen MR) is 72.2 cm³/mol. The van der Waals surface area contributed by atoms with E-state index in [0.717, 1.165) is 15.6 Å². The Hall–Kier alpha value is -1.29. The number of amides is 1. The molecule has 4 heteroatoms. The van der Waals surface area contributed by atoms with Crippen LogP contribution in [0.3, 0.4) is 0 Å². The number of benzene rings is 1.